The minimum atomic E-state index is -3.32. The zero-order chi connectivity index (χ0) is 19.1. The fraction of sp³-hybridized carbons (Fsp3) is 0.529. The van der Waals surface area contributed by atoms with Gasteiger partial charge in [0.25, 0.3) is 0 Å². The number of benzene rings is 1. The Morgan fingerprint density at radius 2 is 2.04 bits per heavy atom. The average molecular weight is 397 g/mol. The highest BCUT2D eigenvalue weighted by atomic mass is 32.2. The predicted molar refractivity (Wildman–Crippen MR) is 105 cm³/mol. The number of likely N-dealkylation sites (N-methyl/N-ethyl adjacent to an activating group) is 1. The topological polar surface area (TPSA) is 73.8 Å². The maximum Gasteiger partial charge on any atom is 0.319 e. The highest BCUT2D eigenvalue weighted by molar-refractivity contribution is 7.91. The number of para-hydroxylation sites is 1. The maximum absolute atomic E-state index is 12.2. The Morgan fingerprint density at radius 3 is 2.69 bits per heavy atom. The first-order chi connectivity index (χ1) is 12.2. The summed E-state index contributed by atoms with van der Waals surface area (Å²) in [5.74, 6) is 0. The van der Waals surface area contributed by atoms with Crippen LogP contribution in [0.15, 0.2) is 23.1 Å². The van der Waals surface area contributed by atoms with E-state index in [1.54, 1.807) is 36.0 Å². The number of aromatic nitrogens is 1. The van der Waals surface area contributed by atoms with E-state index in [2.05, 4.69) is 9.88 Å². The van der Waals surface area contributed by atoms with Crippen molar-refractivity contribution in [3.8, 4) is 0 Å². The lowest BCUT2D eigenvalue weighted by atomic mass is 10.1. The average Bonchev–Trinajstić information content (AvgIpc) is 3.03. The van der Waals surface area contributed by atoms with Gasteiger partial charge < -0.3 is 14.7 Å². The Labute approximate surface area is 158 Å². The van der Waals surface area contributed by atoms with Gasteiger partial charge in [-0.25, -0.2) is 18.2 Å². The van der Waals surface area contributed by atoms with Gasteiger partial charge in [-0.15, -0.1) is 0 Å². The summed E-state index contributed by atoms with van der Waals surface area (Å²) in [4.78, 5) is 22.6. The van der Waals surface area contributed by atoms with Crippen molar-refractivity contribution in [2.75, 3.05) is 45.4 Å². The van der Waals surface area contributed by atoms with Crippen molar-refractivity contribution in [3.63, 3.8) is 0 Å². The number of fused-ring (bicyclic) bond motifs is 1. The SMILES string of the molecule is CN(C)C(=O)N(C)C1CCCN(c2nc3c(S(C)(=O)=O)cccc3s2)C1. The fourth-order valence-corrected chi connectivity index (χ4v) is 5.19. The summed E-state index contributed by atoms with van der Waals surface area (Å²) >= 11 is 1.50. The number of sulfone groups is 1. The molecule has 0 radical (unpaired) electrons. The molecule has 0 bridgehead atoms. The number of piperidine rings is 1. The normalized spacial score (nSPS) is 18.2. The minimum absolute atomic E-state index is 0.0134. The van der Waals surface area contributed by atoms with Crippen molar-refractivity contribution in [1.82, 2.24) is 14.8 Å². The molecule has 3 rings (SSSR count). The molecule has 0 aliphatic carbocycles. The summed E-state index contributed by atoms with van der Waals surface area (Å²) in [6.45, 7) is 1.55. The number of carbonyl (C=O) groups is 1. The summed E-state index contributed by atoms with van der Waals surface area (Å²) in [6, 6.07) is 5.35. The maximum atomic E-state index is 12.2. The van der Waals surface area contributed by atoms with Gasteiger partial charge in [-0.1, -0.05) is 17.4 Å². The van der Waals surface area contributed by atoms with Crippen LogP contribution in [-0.4, -0.2) is 75.8 Å². The van der Waals surface area contributed by atoms with Gasteiger partial charge in [-0.05, 0) is 25.0 Å². The number of carbonyl (C=O) groups excluding carboxylic acids is 1. The largest absolute Gasteiger partial charge is 0.346 e. The van der Waals surface area contributed by atoms with Crippen molar-refractivity contribution < 1.29 is 13.2 Å². The van der Waals surface area contributed by atoms with Crippen molar-refractivity contribution in [2.24, 2.45) is 0 Å². The van der Waals surface area contributed by atoms with E-state index in [0.717, 1.165) is 29.2 Å². The van der Waals surface area contributed by atoms with Gasteiger partial charge in [0.05, 0.1) is 15.6 Å². The quantitative estimate of drug-likeness (QED) is 0.796. The molecule has 0 spiro atoms. The summed E-state index contributed by atoms with van der Waals surface area (Å²) in [5.41, 5.74) is 0.537. The smallest absolute Gasteiger partial charge is 0.319 e. The monoisotopic (exact) mass is 396 g/mol. The fourth-order valence-electron chi connectivity index (χ4n) is 3.26. The molecule has 1 aromatic carbocycles. The molecule has 1 saturated heterocycles. The predicted octanol–water partition coefficient (Wildman–Crippen LogP) is 2.28. The van der Waals surface area contributed by atoms with Crippen LogP contribution in [0.25, 0.3) is 10.2 Å². The summed E-state index contributed by atoms with van der Waals surface area (Å²) < 4.78 is 24.9. The first-order valence-corrected chi connectivity index (χ1v) is 11.2. The molecule has 1 aliphatic rings. The molecular formula is C17H24N4O3S2. The molecule has 7 nitrogen and oxygen atoms in total. The van der Waals surface area contributed by atoms with Crippen molar-refractivity contribution in [3.05, 3.63) is 18.2 Å². The van der Waals surface area contributed by atoms with E-state index in [4.69, 9.17) is 0 Å². The summed E-state index contributed by atoms with van der Waals surface area (Å²) in [5, 5.41) is 0.812. The zero-order valence-electron chi connectivity index (χ0n) is 15.5. The molecule has 0 saturated carbocycles. The van der Waals surface area contributed by atoms with Crippen LogP contribution in [0, 0.1) is 0 Å². The Bertz CT molecular complexity index is 923. The Morgan fingerprint density at radius 1 is 1.31 bits per heavy atom. The first kappa shape index (κ1) is 18.9. The Kier molecular flexibility index (Phi) is 5.12. The van der Waals surface area contributed by atoms with Crippen LogP contribution in [0.1, 0.15) is 12.8 Å². The number of hydrogen-bond donors (Lipinski definition) is 0. The number of amides is 2. The van der Waals surface area contributed by atoms with Crippen LogP contribution in [0.3, 0.4) is 0 Å². The third-order valence-electron chi connectivity index (χ3n) is 4.67. The number of rotatable bonds is 3. The second kappa shape index (κ2) is 7.03. The van der Waals surface area contributed by atoms with E-state index in [1.807, 2.05) is 13.1 Å². The van der Waals surface area contributed by atoms with Crippen molar-refractivity contribution in [2.45, 2.75) is 23.8 Å². The van der Waals surface area contributed by atoms with Crippen molar-refractivity contribution in [1.29, 1.82) is 0 Å². The molecule has 2 aromatic rings. The second-order valence-electron chi connectivity index (χ2n) is 6.90. The van der Waals surface area contributed by atoms with E-state index < -0.39 is 9.84 Å². The van der Waals surface area contributed by atoms with Crippen LogP contribution in [0.4, 0.5) is 9.93 Å². The van der Waals surface area contributed by atoms with Crippen LogP contribution < -0.4 is 4.90 Å². The van der Waals surface area contributed by atoms with Crippen LogP contribution in [0.5, 0.6) is 0 Å². The summed E-state index contributed by atoms with van der Waals surface area (Å²) in [6.07, 6.45) is 3.12. The number of urea groups is 1. The van der Waals surface area contributed by atoms with E-state index in [-0.39, 0.29) is 17.0 Å². The lowest BCUT2D eigenvalue weighted by molar-refractivity contribution is 0.157. The van der Waals surface area contributed by atoms with E-state index in [9.17, 15) is 13.2 Å². The van der Waals surface area contributed by atoms with E-state index in [1.165, 1.54) is 17.6 Å². The van der Waals surface area contributed by atoms with Crippen LogP contribution in [0.2, 0.25) is 0 Å². The van der Waals surface area contributed by atoms with Crippen LogP contribution >= 0.6 is 11.3 Å². The molecular weight excluding hydrogens is 372 g/mol. The number of hydrogen-bond acceptors (Lipinski definition) is 6. The first-order valence-electron chi connectivity index (χ1n) is 8.47. The molecule has 0 N–H and O–H groups in total. The zero-order valence-corrected chi connectivity index (χ0v) is 17.1. The van der Waals surface area contributed by atoms with Gasteiger partial charge in [0.1, 0.15) is 5.52 Å². The van der Waals surface area contributed by atoms with Gasteiger partial charge in [-0.2, -0.15) is 0 Å². The molecule has 1 atom stereocenters. The van der Waals surface area contributed by atoms with E-state index in [0.29, 0.717) is 12.1 Å². The summed E-state index contributed by atoms with van der Waals surface area (Å²) in [7, 11) is 2.00. The third-order valence-corrected chi connectivity index (χ3v) is 6.88. The van der Waals surface area contributed by atoms with Gasteiger partial charge in [0, 0.05) is 40.5 Å². The number of thiazole rings is 1. The van der Waals surface area contributed by atoms with E-state index >= 15 is 0 Å². The Hall–Kier alpha value is -1.87. The molecule has 1 unspecified atom stereocenters. The highest BCUT2D eigenvalue weighted by Gasteiger charge is 2.28. The third kappa shape index (κ3) is 3.64. The van der Waals surface area contributed by atoms with Crippen molar-refractivity contribution >= 4 is 42.6 Å². The minimum Gasteiger partial charge on any atom is -0.346 e. The molecule has 142 valence electrons. The molecule has 1 aliphatic heterocycles. The van der Waals surface area contributed by atoms with Crippen LogP contribution in [-0.2, 0) is 9.84 Å². The van der Waals surface area contributed by atoms with Gasteiger partial charge in [-0.3, -0.25) is 0 Å². The molecule has 1 aromatic heterocycles. The lowest BCUT2D eigenvalue weighted by Gasteiger charge is -2.38. The standard InChI is InChI=1S/C17H24N4O3S2/c1-19(2)17(22)20(3)12-7-6-10-21(11-12)16-18-15-13(25-16)8-5-9-14(15)26(4,23)24/h5,8-9,12H,6-7,10-11H2,1-4H3. The molecule has 2 amide bonds. The number of anilines is 1. The molecule has 1 fully saturated rings. The van der Waals surface area contributed by atoms with Gasteiger partial charge in [0.2, 0.25) is 0 Å². The highest BCUT2D eigenvalue weighted by Crippen LogP contribution is 2.34. The van der Waals surface area contributed by atoms with Gasteiger partial charge >= 0.3 is 6.03 Å². The lowest BCUT2D eigenvalue weighted by Crippen LogP contribution is -2.51. The molecule has 9 heteroatoms. The second-order valence-corrected chi connectivity index (χ2v) is 9.89. The Balaban J connectivity index is 1.88. The molecule has 2 heterocycles. The molecule has 26 heavy (non-hydrogen) atoms. The van der Waals surface area contributed by atoms with Gasteiger partial charge in [0.15, 0.2) is 15.0 Å². The number of nitrogens with zero attached hydrogens (tertiary/aromatic N) is 4.